The number of benzene rings is 1. The Bertz CT molecular complexity index is 377. The second-order valence-electron chi connectivity index (χ2n) is 3.62. The van der Waals surface area contributed by atoms with E-state index in [1.54, 1.807) is 6.07 Å². The first-order valence-corrected chi connectivity index (χ1v) is 5.18. The van der Waals surface area contributed by atoms with Crippen LogP contribution in [0.3, 0.4) is 0 Å². The van der Waals surface area contributed by atoms with Crippen LogP contribution < -0.4 is 10.5 Å². The lowest BCUT2D eigenvalue weighted by Gasteiger charge is -2.12. The van der Waals surface area contributed by atoms with Gasteiger partial charge in [-0.05, 0) is 34.8 Å². The highest BCUT2D eigenvalue weighted by molar-refractivity contribution is 9.10. The van der Waals surface area contributed by atoms with Gasteiger partial charge in [0.05, 0.1) is 11.6 Å². The molecule has 0 saturated heterocycles. The van der Waals surface area contributed by atoms with E-state index in [1.807, 2.05) is 0 Å². The lowest BCUT2D eigenvalue weighted by Crippen LogP contribution is -2.20. The maximum Gasteiger partial charge on any atom is 0.135 e. The third kappa shape index (κ3) is 1.53. The molecule has 2 rings (SSSR count). The molecule has 1 aromatic carbocycles. The minimum Gasteiger partial charge on any atom is -0.495 e. The third-order valence-corrected chi connectivity index (χ3v) is 3.19. The molecule has 4 heteroatoms. The topological polar surface area (TPSA) is 35.2 Å². The van der Waals surface area contributed by atoms with Crippen molar-refractivity contribution in [2.24, 2.45) is 5.73 Å². The first-order valence-electron chi connectivity index (χ1n) is 4.39. The summed E-state index contributed by atoms with van der Waals surface area (Å²) in [6.45, 7) is 0. The van der Waals surface area contributed by atoms with Crippen molar-refractivity contribution in [3.05, 3.63) is 28.0 Å². The molecule has 2 N–H and O–H groups in total. The molecule has 0 aromatic heterocycles. The van der Waals surface area contributed by atoms with E-state index in [9.17, 15) is 4.39 Å². The summed E-state index contributed by atoms with van der Waals surface area (Å²) in [5.74, 6) is 0.209. The maximum atomic E-state index is 13.6. The van der Waals surface area contributed by atoms with Crippen molar-refractivity contribution in [2.75, 3.05) is 7.11 Å². The summed E-state index contributed by atoms with van der Waals surface area (Å²) < 4.78 is 19.3. The lowest BCUT2D eigenvalue weighted by molar-refractivity contribution is 0.407. The van der Waals surface area contributed by atoms with E-state index < -0.39 is 5.54 Å². The molecule has 0 aliphatic heterocycles. The van der Waals surface area contributed by atoms with Gasteiger partial charge in [0.25, 0.3) is 0 Å². The number of ether oxygens (including phenoxy) is 1. The fraction of sp³-hybridized carbons (Fsp3) is 0.400. The molecule has 1 aliphatic carbocycles. The van der Waals surface area contributed by atoms with Gasteiger partial charge in [0.2, 0.25) is 0 Å². The van der Waals surface area contributed by atoms with Crippen LogP contribution in [0.1, 0.15) is 18.4 Å². The molecule has 76 valence electrons. The number of halogens is 2. The van der Waals surface area contributed by atoms with E-state index in [-0.39, 0.29) is 5.82 Å². The molecule has 1 aliphatic rings. The van der Waals surface area contributed by atoms with Crippen molar-refractivity contribution in [1.82, 2.24) is 0 Å². The molecular formula is C10H11BrFNO. The van der Waals surface area contributed by atoms with Crippen LogP contribution in [0.25, 0.3) is 0 Å². The molecule has 1 fully saturated rings. The van der Waals surface area contributed by atoms with Crippen molar-refractivity contribution < 1.29 is 9.13 Å². The van der Waals surface area contributed by atoms with E-state index in [1.165, 1.54) is 13.2 Å². The Labute approximate surface area is 90.4 Å². The Morgan fingerprint density at radius 2 is 2.14 bits per heavy atom. The van der Waals surface area contributed by atoms with Gasteiger partial charge < -0.3 is 10.5 Å². The van der Waals surface area contributed by atoms with E-state index >= 15 is 0 Å². The summed E-state index contributed by atoms with van der Waals surface area (Å²) in [5.41, 5.74) is 6.06. The number of methoxy groups -OCH3 is 1. The zero-order valence-corrected chi connectivity index (χ0v) is 9.40. The van der Waals surface area contributed by atoms with Gasteiger partial charge in [0.1, 0.15) is 11.6 Å². The van der Waals surface area contributed by atoms with Crippen molar-refractivity contribution in [1.29, 1.82) is 0 Å². The Morgan fingerprint density at radius 3 is 2.64 bits per heavy atom. The molecule has 0 unspecified atom stereocenters. The average molecular weight is 260 g/mol. The quantitative estimate of drug-likeness (QED) is 0.886. The Morgan fingerprint density at radius 1 is 1.50 bits per heavy atom. The van der Waals surface area contributed by atoms with Crippen LogP contribution in [-0.2, 0) is 5.54 Å². The predicted molar refractivity (Wildman–Crippen MR) is 55.8 cm³/mol. The average Bonchev–Trinajstić information content (AvgIpc) is 2.88. The van der Waals surface area contributed by atoms with Crippen molar-refractivity contribution in [3.63, 3.8) is 0 Å². The number of nitrogens with two attached hydrogens (primary N) is 1. The second-order valence-corrected chi connectivity index (χ2v) is 4.48. The number of hydrogen-bond acceptors (Lipinski definition) is 2. The first kappa shape index (κ1) is 9.93. The number of rotatable bonds is 2. The Kier molecular flexibility index (Phi) is 2.27. The minimum absolute atomic E-state index is 0.287. The van der Waals surface area contributed by atoms with Crippen LogP contribution in [-0.4, -0.2) is 7.11 Å². The molecule has 0 amide bonds. The van der Waals surface area contributed by atoms with E-state index in [0.717, 1.165) is 17.3 Å². The molecule has 1 saturated carbocycles. The second kappa shape index (κ2) is 3.21. The van der Waals surface area contributed by atoms with Crippen LogP contribution in [0.15, 0.2) is 16.6 Å². The van der Waals surface area contributed by atoms with Crippen molar-refractivity contribution in [3.8, 4) is 5.75 Å². The zero-order valence-electron chi connectivity index (χ0n) is 7.81. The fourth-order valence-electron chi connectivity index (χ4n) is 1.47. The van der Waals surface area contributed by atoms with Gasteiger partial charge in [-0.25, -0.2) is 4.39 Å². The molecule has 2 nitrogen and oxygen atoms in total. The zero-order chi connectivity index (χ0) is 10.3. The molecule has 1 aromatic rings. The maximum absolute atomic E-state index is 13.6. The van der Waals surface area contributed by atoms with Gasteiger partial charge >= 0.3 is 0 Å². The highest BCUT2D eigenvalue weighted by Gasteiger charge is 2.42. The van der Waals surface area contributed by atoms with Crippen LogP contribution in [0.5, 0.6) is 5.75 Å². The minimum atomic E-state index is -0.446. The predicted octanol–water partition coefficient (Wildman–Crippen LogP) is 2.54. The molecule has 0 heterocycles. The molecule has 14 heavy (non-hydrogen) atoms. The monoisotopic (exact) mass is 259 g/mol. The summed E-state index contributed by atoms with van der Waals surface area (Å²) in [4.78, 5) is 0. The van der Waals surface area contributed by atoms with Crippen LogP contribution in [0, 0.1) is 5.82 Å². The standard InChI is InChI=1S/C10H11BrFNO/c1-14-9-5-8(12)6(4-7(9)11)10(13)2-3-10/h4-5H,2-3,13H2,1H3. The van der Waals surface area contributed by atoms with E-state index in [0.29, 0.717) is 11.3 Å². The van der Waals surface area contributed by atoms with Crippen LogP contribution in [0.4, 0.5) is 4.39 Å². The van der Waals surface area contributed by atoms with Crippen LogP contribution >= 0.6 is 15.9 Å². The van der Waals surface area contributed by atoms with E-state index in [4.69, 9.17) is 10.5 Å². The van der Waals surface area contributed by atoms with Gasteiger partial charge in [-0.3, -0.25) is 0 Å². The van der Waals surface area contributed by atoms with Gasteiger partial charge in [-0.1, -0.05) is 0 Å². The van der Waals surface area contributed by atoms with Gasteiger partial charge in [0, 0.05) is 17.2 Å². The number of hydrogen-bond donors (Lipinski definition) is 1. The van der Waals surface area contributed by atoms with Crippen LogP contribution in [0.2, 0.25) is 0 Å². The van der Waals surface area contributed by atoms with Crippen molar-refractivity contribution in [2.45, 2.75) is 18.4 Å². The van der Waals surface area contributed by atoms with Gasteiger partial charge in [-0.15, -0.1) is 0 Å². The largest absolute Gasteiger partial charge is 0.495 e. The smallest absolute Gasteiger partial charge is 0.135 e. The first-order chi connectivity index (χ1) is 6.57. The molecule has 0 atom stereocenters. The molecular weight excluding hydrogens is 249 g/mol. The van der Waals surface area contributed by atoms with Crippen molar-refractivity contribution >= 4 is 15.9 Å². The molecule has 0 radical (unpaired) electrons. The summed E-state index contributed by atoms with van der Waals surface area (Å²) in [6.07, 6.45) is 1.70. The Hall–Kier alpha value is -0.610. The third-order valence-electron chi connectivity index (χ3n) is 2.57. The summed E-state index contributed by atoms with van der Waals surface area (Å²) in [7, 11) is 1.51. The molecule has 0 spiro atoms. The molecule has 0 bridgehead atoms. The lowest BCUT2D eigenvalue weighted by atomic mass is 10.1. The Balaban J connectivity index is 2.48. The van der Waals surface area contributed by atoms with Gasteiger partial charge in [-0.2, -0.15) is 0 Å². The summed E-state index contributed by atoms with van der Waals surface area (Å²) >= 11 is 3.31. The van der Waals surface area contributed by atoms with E-state index in [2.05, 4.69) is 15.9 Å². The highest BCUT2D eigenvalue weighted by Crippen LogP contribution is 2.45. The fourth-order valence-corrected chi connectivity index (χ4v) is 1.98. The summed E-state index contributed by atoms with van der Waals surface area (Å²) in [6, 6.07) is 3.08. The highest BCUT2D eigenvalue weighted by atomic mass is 79.9. The normalized spacial score (nSPS) is 18.0. The SMILES string of the molecule is COc1cc(F)c(C2(N)CC2)cc1Br. The van der Waals surface area contributed by atoms with Gasteiger partial charge in [0.15, 0.2) is 0 Å². The summed E-state index contributed by atoms with van der Waals surface area (Å²) in [5, 5.41) is 0.